The van der Waals surface area contributed by atoms with Gasteiger partial charge in [-0.25, -0.2) is 4.79 Å². The summed E-state index contributed by atoms with van der Waals surface area (Å²) < 4.78 is 10.4. The molecule has 0 aliphatic carbocycles. The van der Waals surface area contributed by atoms with Crippen LogP contribution in [0, 0.1) is 0 Å². The number of rotatable bonds is 4. The van der Waals surface area contributed by atoms with Gasteiger partial charge in [-0.1, -0.05) is 30.3 Å². The number of hydrogen-bond donors (Lipinski definition) is 1. The molecule has 2 aliphatic heterocycles. The number of nitrogens with zero attached hydrogens (tertiary/aromatic N) is 1. The van der Waals surface area contributed by atoms with Crippen molar-refractivity contribution in [1.29, 1.82) is 0 Å². The minimum absolute atomic E-state index is 0.00579. The Hall–Kier alpha value is -3.32. The van der Waals surface area contributed by atoms with Gasteiger partial charge in [0.1, 0.15) is 24.2 Å². The van der Waals surface area contributed by atoms with Crippen LogP contribution in [-0.4, -0.2) is 29.2 Å². The Morgan fingerprint density at radius 2 is 1.92 bits per heavy atom. The van der Waals surface area contributed by atoms with Gasteiger partial charge in [0.25, 0.3) is 5.91 Å². The maximum Gasteiger partial charge on any atom is 0.343 e. The Balaban J connectivity index is 1.54. The standard InChI is InChI=1S/C19H15NO6/c1-24-13-8-6-12(7-9-13)10-25-18(22)16-11-26-20-17(21)14-4-2-3-5-15(14)19(16,20)23/h2-9,11,23H,10H2,1H3. The Bertz CT molecular complexity index is 920. The molecule has 2 heterocycles. The van der Waals surface area contributed by atoms with Gasteiger partial charge in [-0.2, -0.15) is 0 Å². The molecule has 0 aromatic heterocycles. The van der Waals surface area contributed by atoms with E-state index in [2.05, 4.69) is 0 Å². The smallest absolute Gasteiger partial charge is 0.343 e. The lowest BCUT2D eigenvalue weighted by Gasteiger charge is -2.25. The second-order valence-corrected chi connectivity index (χ2v) is 5.88. The maximum absolute atomic E-state index is 12.5. The number of carbonyl (C=O) groups excluding carboxylic acids is 2. The number of ether oxygens (including phenoxy) is 2. The lowest BCUT2D eigenvalue weighted by Crippen LogP contribution is -2.42. The topological polar surface area (TPSA) is 85.3 Å². The number of hydroxylamine groups is 2. The molecule has 0 fully saturated rings. The fourth-order valence-electron chi connectivity index (χ4n) is 3.04. The number of fused-ring (bicyclic) bond motifs is 3. The van der Waals surface area contributed by atoms with Crippen LogP contribution in [0.5, 0.6) is 5.75 Å². The third kappa shape index (κ3) is 2.25. The predicted octanol–water partition coefficient (Wildman–Crippen LogP) is 1.87. The van der Waals surface area contributed by atoms with E-state index in [0.29, 0.717) is 5.75 Å². The number of carbonyl (C=O) groups is 2. The van der Waals surface area contributed by atoms with Gasteiger partial charge in [0.05, 0.1) is 12.7 Å². The first kappa shape index (κ1) is 16.2. The van der Waals surface area contributed by atoms with Gasteiger partial charge >= 0.3 is 5.97 Å². The van der Waals surface area contributed by atoms with Crippen molar-refractivity contribution in [3.8, 4) is 5.75 Å². The van der Waals surface area contributed by atoms with Crippen LogP contribution in [0.25, 0.3) is 0 Å². The summed E-state index contributed by atoms with van der Waals surface area (Å²) in [6, 6.07) is 13.5. The molecule has 0 saturated heterocycles. The van der Waals surface area contributed by atoms with Crippen LogP contribution >= 0.6 is 0 Å². The van der Waals surface area contributed by atoms with Gasteiger partial charge < -0.3 is 19.4 Å². The summed E-state index contributed by atoms with van der Waals surface area (Å²) >= 11 is 0. The summed E-state index contributed by atoms with van der Waals surface area (Å²) in [5, 5.41) is 11.8. The third-order valence-electron chi connectivity index (χ3n) is 4.41. The van der Waals surface area contributed by atoms with E-state index in [-0.39, 0.29) is 23.3 Å². The monoisotopic (exact) mass is 353 g/mol. The average molecular weight is 353 g/mol. The Kier molecular flexibility index (Phi) is 3.66. The van der Waals surface area contributed by atoms with Gasteiger partial charge in [0, 0.05) is 5.56 Å². The molecule has 0 bridgehead atoms. The molecule has 1 N–H and O–H groups in total. The van der Waals surface area contributed by atoms with Crippen molar-refractivity contribution in [3.05, 3.63) is 77.1 Å². The molecular weight excluding hydrogens is 338 g/mol. The molecule has 4 rings (SSSR count). The van der Waals surface area contributed by atoms with Gasteiger partial charge in [-0.15, -0.1) is 5.06 Å². The summed E-state index contributed by atoms with van der Waals surface area (Å²) in [5.74, 6) is -0.592. The zero-order valence-corrected chi connectivity index (χ0v) is 13.8. The first-order valence-electron chi connectivity index (χ1n) is 7.89. The lowest BCUT2D eigenvalue weighted by atomic mass is 9.95. The molecule has 132 valence electrons. The van der Waals surface area contributed by atoms with Crippen LogP contribution in [0.1, 0.15) is 21.5 Å². The Labute approximate surface area is 149 Å². The number of aliphatic hydroxyl groups is 1. The molecule has 2 aromatic rings. The molecule has 1 amide bonds. The van der Waals surface area contributed by atoms with Crippen LogP contribution in [-0.2, 0) is 26.7 Å². The highest BCUT2D eigenvalue weighted by molar-refractivity contribution is 6.03. The van der Waals surface area contributed by atoms with Gasteiger partial charge in [-0.3, -0.25) is 4.79 Å². The second kappa shape index (κ2) is 5.89. The molecule has 2 aliphatic rings. The van der Waals surface area contributed by atoms with Crippen molar-refractivity contribution in [1.82, 2.24) is 5.06 Å². The van der Waals surface area contributed by atoms with Gasteiger partial charge in [-0.05, 0) is 23.8 Å². The maximum atomic E-state index is 12.5. The summed E-state index contributed by atoms with van der Waals surface area (Å²) in [7, 11) is 1.56. The molecule has 1 unspecified atom stereocenters. The highest BCUT2D eigenvalue weighted by Gasteiger charge is 2.59. The van der Waals surface area contributed by atoms with E-state index in [1.807, 2.05) is 0 Å². The zero-order chi connectivity index (χ0) is 18.3. The number of benzene rings is 2. The highest BCUT2D eigenvalue weighted by Crippen LogP contribution is 2.46. The molecule has 0 saturated carbocycles. The van der Waals surface area contributed by atoms with E-state index in [1.165, 1.54) is 0 Å². The van der Waals surface area contributed by atoms with Crippen molar-refractivity contribution >= 4 is 11.9 Å². The first-order valence-corrected chi connectivity index (χ1v) is 7.89. The largest absolute Gasteiger partial charge is 0.497 e. The van der Waals surface area contributed by atoms with Crippen molar-refractivity contribution in [2.45, 2.75) is 12.3 Å². The Morgan fingerprint density at radius 3 is 2.65 bits per heavy atom. The van der Waals surface area contributed by atoms with E-state index >= 15 is 0 Å². The first-order chi connectivity index (χ1) is 12.6. The molecule has 1 atom stereocenters. The van der Waals surface area contributed by atoms with E-state index in [1.54, 1.807) is 55.6 Å². The van der Waals surface area contributed by atoms with Crippen molar-refractivity contribution in [2.75, 3.05) is 7.11 Å². The van der Waals surface area contributed by atoms with E-state index < -0.39 is 17.6 Å². The van der Waals surface area contributed by atoms with E-state index in [0.717, 1.165) is 16.9 Å². The molecular formula is C19H15NO6. The van der Waals surface area contributed by atoms with Crippen molar-refractivity contribution < 1.29 is 29.0 Å². The molecule has 7 nitrogen and oxygen atoms in total. The second-order valence-electron chi connectivity index (χ2n) is 5.88. The normalized spacial score (nSPS) is 20.2. The van der Waals surface area contributed by atoms with Crippen LogP contribution in [0.2, 0.25) is 0 Å². The SMILES string of the molecule is COc1ccc(COC(=O)C2=CON3C(=O)c4ccccc4C23O)cc1. The molecule has 0 radical (unpaired) electrons. The Morgan fingerprint density at radius 1 is 1.19 bits per heavy atom. The fourth-order valence-corrected chi connectivity index (χ4v) is 3.04. The van der Waals surface area contributed by atoms with Crippen molar-refractivity contribution in [2.24, 2.45) is 0 Å². The molecule has 26 heavy (non-hydrogen) atoms. The van der Waals surface area contributed by atoms with Crippen LogP contribution in [0.15, 0.2) is 60.4 Å². The number of hydrogen-bond acceptors (Lipinski definition) is 6. The lowest BCUT2D eigenvalue weighted by molar-refractivity contribution is -0.188. The van der Waals surface area contributed by atoms with Crippen LogP contribution < -0.4 is 4.74 Å². The molecule has 0 spiro atoms. The summed E-state index contributed by atoms with van der Waals surface area (Å²) in [6.45, 7) is 0.00579. The summed E-state index contributed by atoms with van der Waals surface area (Å²) in [5.41, 5.74) is -0.807. The van der Waals surface area contributed by atoms with Gasteiger partial charge in [0.2, 0.25) is 5.72 Å². The third-order valence-corrected chi connectivity index (χ3v) is 4.41. The minimum atomic E-state index is -1.98. The fraction of sp³-hybridized carbons (Fsp3) is 0.158. The average Bonchev–Trinajstić information content (AvgIpc) is 3.13. The zero-order valence-electron chi connectivity index (χ0n) is 13.8. The number of amides is 1. The van der Waals surface area contributed by atoms with E-state index in [9.17, 15) is 14.7 Å². The quantitative estimate of drug-likeness (QED) is 0.845. The number of methoxy groups -OCH3 is 1. The summed E-state index contributed by atoms with van der Waals surface area (Å²) in [6.07, 6.45) is 1.05. The number of esters is 1. The van der Waals surface area contributed by atoms with E-state index in [4.69, 9.17) is 14.3 Å². The van der Waals surface area contributed by atoms with Crippen LogP contribution in [0.3, 0.4) is 0 Å². The summed E-state index contributed by atoms with van der Waals surface area (Å²) in [4.78, 5) is 30.0. The van der Waals surface area contributed by atoms with Crippen molar-refractivity contribution in [3.63, 3.8) is 0 Å². The van der Waals surface area contributed by atoms with Crippen LogP contribution in [0.4, 0.5) is 0 Å². The molecule has 7 heteroatoms. The molecule has 2 aromatic carbocycles. The predicted molar refractivity (Wildman–Crippen MR) is 88.5 cm³/mol. The minimum Gasteiger partial charge on any atom is -0.497 e. The highest BCUT2D eigenvalue weighted by atomic mass is 16.7. The van der Waals surface area contributed by atoms with Gasteiger partial charge in [0.15, 0.2) is 0 Å².